The average molecular weight is 287 g/mol. The Kier molecular flexibility index (Phi) is 5.18. The zero-order chi connectivity index (χ0) is 15.1. The van der Waals surface area contributed by atoms with Crippen LogP contribution in [-0.2, 0) is 4.79 Å². The van der Waals surface area contributed by atoms with Crippen molar-refractivity contribution in [1.29, 1.82) is 5.26 Å². The number of nitrogens with zero attached hydrogens (tertiary/aromatic N) is 2. The number of carbonyl (C=O) groups excluding carboxylic acids is 1. The van der Waals surface area contributed by atoms with Crippen LogP contribution in [0.3, 0.4) is 0 Å². The summed E-state index contributed by atoms with van der Waals surface area (Å²) in [6, 6.07) is 11.8. The van der Waals surface area contributed by atoms with Gasteiger partial charge in [0.2, 0.25) is 5.91 Å². The highest BCUT2D eigenvalue weighted by molar-refractivity contribution is 5.82. The van der Waals surface area contributed by atoms with Gasteiger partial charge in [-0.05, 0) is 37.8 Å². The SMILES string of the molecule is N#CC1(NC(=O)CN(CCO)c2ccccc2)CCCC1. The van der Waals surface area contributed by atoms with Crippen molar-refractivity contribution in [2.75, 3.05) is 24.6 Å². The van der Waals surface area contributed by atoms with Crippen LogP contribution in [-0.4, -0.2) is 36.2 Å². The fourth-order valence-corrected chi connectivity index (χ4v) is 2.78. The van der Waals surface area contributed by atoms with Gasteiger partial charge in [-0.3, -0.25) is 4.79 Å². The van der Waals surface area contributed by atoms with E-state index >= 15 is 0 Å². The number of nitrogens with one attached hydrogen (secondary N) is 1. The molecule has 2 rings (SSSR count). The topological polar surface area (TPSA) is 76.4 Å². The van der Waals surface area contributed by atoms with E-state index in [4.69, 9.17) is 5.11 Å². The predicted molar refractivity (Wildman–Crippen MR) is 80.7 cm³/mol. The third kappa shape index (κ3) is 3.96. The Bertz CT molecular complexity index is 504. The normalized spacial score (nSPS) is 16.2. The van der Waals surface area contributed by atoms with Crippen LogP contribution in [0.4, 0.5) is 5.69 Å². The fourth-order valence-electron chi connectivity index (χ4n) is 2.78. The molecule has 0 aromatic heterocycles. The van der Waals surface area contributed by atoms with Gasteiger partial charge >= 0.3 is 0 Å². The lowest BCUT2D eigenvalue weighted by Crippen LogP contribution is -2.49. The number of aliphatic hydroxyl groups is 1. The van der Waals surface area contributed by atoms with Crippen LogP contribution < -0.4 is 10.2 Å². The number of hydrogen-bond donors (Lipinski definition) is 2. The van der Waals surface area contributed by atoms with Crippen LogP contribution in [0.5, 0.6) is 0 Å². The van der Waals surface area contributed by atoms with Crippen LogP contribution in [0.15, 0.2) is 30.3 Å². The molecule has 2 N–H and O–H groups in total. The van der Waals surface area contributed by atoms with E-state index in [0.29, 0.717) is 6.54 Å². The number of anilines is 1. The molecule has 1 fully saturated rings. The maximum Gasteiger partial charge on any atom is 0.240 e. The smallest absolute Gasteiger partial charge is 0.240 e. The molecule has 0 bridgehead atoms. The first-order valence-electron chi connectivity index (χ1n) is 7.32. The summed E-state index contributed by atoms with van der Waals surface area (Å²) in [6.45, 7) is 0.510. The lowest BCUT2D eigenvalue weighted by molar-refractivity contribution is -0.121. The van der Waals surface area contributed by atoms with Crippen molar-refractivity contribution in [2.24, 2.45) is 0 Å². The summed E-state index contributed by atoms with van der Waals surface area (Å²) in [5.41, 5.74) is 0.192. The highest BCUT2D eigenvalue weighted by Gasteiger charge is 2.35. The zero-order valence-electron chi connectivity index (χ0n) is 12.1. The van der Waals surface area contributed by atoms with E-state index in [0.717, 1.165) is 31.4 Å². The quantitative estimate of drug-likeness (QED) is 0.830. The summed E-state index contributed by atoms with van der Waals surface area (Å²) in [7, 11) is 0. The molecule has 1 aromatic carbocycles. The summed E-state index contributed by atoms with van der Waals surface area (Å²) >= 11 is 0. The number of amides is 1. The Morgan fingerprint density at radius 3 is 2.57 bits per heavy atom. The molecule has 0 aliphatic heterocycles. The highest BCUT2D eigenvalue weighted by atomic mass is 16.3. The summed E-state index contributed by atoms with van der Waals surface area (Å²) in [4.78, 5) is 14.1. The van der Waals surface area contributed by atoms with Crippen molar-refractivity contribution in [1.82, 2.24) is 5.32 Å². The second-order valence-corrected chi connectivity index (χ2v) is 5.43. The van der Waals surface area contributed by atoms with Crippen molar-refractivity contribution in [3.8, 4) is 6.07 Å². The molecular weight excluding hydrogens is 266 g/mol. The largest absolute Gasteiger partial charge is 0.395 e. The van der Waals surface area contributed by atoms with Crippen LogP contribution >= 0.6 is 0 Å². The minimum atomic E-state index is -0.696. The Balaban J connectivity index is 2.00. The van der Waals surface area contributed by atoms with Crippen LogP contribution in [0.2, 0.25) is 0 Å². The Morgan fingerprint density at radius 2 is 2.00 bits per heavy atom. The van der Waals surface area contributed by atoms with E-state index in [9.17, 15) is 10.1 Å². The molecule has 112 valence electrons. The third-order valence-corrected chi connectivity index (χ3v) is 3.88. The van der Waals surface area contributed by atoms with E-state index in [-0.39, 0.29) is 19.1 Å². The van der Waals surface area contributed by atoms with E-state index in [1.807, 2.05) is 35.2 Å². The van der Waals surface area contributed by atoms with Crippen molar-refractivity contribution >= 4 is 11.6 Å². The molecule has 0 saturated heterocycles. The van der Waals surface area contributed by atoms with E-state index < -0.39 is 5.54 Å². The Labute approximate surface area is 125 Å². The molecule has 0 spiro atoms. The summed E-state index contributed by atoms with van der Waals surface area (Å²) in [6.07, 6.45) is 3.40. The maximum atomic E-state index is 12.2. The molecule has 5 heteroatoms. The number of benzene rings is 1. The molecule has 0 unspecified atom stereocenters. The van der Waals surface area contributed by atoms with E-state index in [2.05, 4.69) is 11.4 Å². The number of carbonyl (C=O) groups is 1. The monoisotopic (exact) mass is 287 g/mol. The van der Waals surface area contributed by atoms with Crippen LogP contribution in [0, 0.1) is 11.3 Å². The van der Waals surface area contributed by atoms with Gasteiger partial charge in [-0.2, -0.15) is 5.26 Å². The predicted octanol–water partition coefficient (Wildman–Crippen LogP) is 1.44. The Hall–Kier alpha value is -2.06. The molecule has 0 heterocycles. The lowest BCUT2D eigenvalue weighted by Gasteiger charge is -2.27. The zero-order valence-corrected chi connectivity index (χ0v) is 12.1. The second kappa shape index (κ2) is 7.09. The van der Waals surface area contributed by atoms with Gasteiger partial charge in [0.1, 0.15) is 5.54 Å². The van der Waals surface area contributed by atoms with Gasteiger partial charge in [-0.1, -0.05) is 18.2 Å². The lowest BCUT2D eigenvalue weighted by atomic mass is 10.00. The van der Waals surface area contributed by atoms with E-state index in [1.165, 1.54) is 0 Å². The summed E-state index contributed by atoms with van der Waals surface area (Å²) in [5.74, 6) is -0.171. The molecule has 1 aliphatic rings. The van der Waals surface area contributed by atoms with E-state index in [1.54, 1.807) is 0 Å². The first-order chi connectivity index (χ1) is 10.2. The van der Waals surface area contributed by atoms with Crippen molar-refractivity contribution in [3.63, 3.8) is 0 Å². The number of para-hydroxylation sites is 1. The first-order valence-corrected chi connectivity index (χ1v) is 7.32. The van der Waals surface area contributed by atoms with Gasteiger partial charge in [0.15, 0.2) is 0 Å². The van der Waals surface area contributed by atoms with Gasteiger partial charge in [0, 0.05) is 12.2 Å². The number of nitriles is 1. The number of hydrogen-bond acceptors (Lipinski definition) is 4. The molecule has 0 atom stereocenters. The van der Waals surface area contributed by atoms with Gasteiger partial charge in [-0.25, -0.2) is 0 Å². The summed E-state index contributed by atoms with van der Waals surface area (Å²) < 4.78 is 0. The van der Waals surface area contributed by atoms with Crippen molar-refractivity contribution in [2.45, 2.75) is 31.2 Å². The number of aliphatic hydroxyl groups excluding tert-OH is 1. The average Bonchev–Trinajstić information content (AvgIpc) is 2.97. The van der Waals surface area contributed by atoms with Gasteiger partial charge in [-0.15, -0.1) is 0 Å². The van der Waals surface area contributed by atoms with Crippen LogP contribution in [0.25, 0.3) is 0 Å². The molecule has 1 saturated carbocycles. The molecule has 21 heavy (non-hydrogen) atoms. The second-order valence-electron chi connectivity index (χ2n) is 5.43. The van der Waals surface area contributed by atoms with Crippen molar-refractivity contribution < 1.29 is 9.90 Å². The van der Waals surface area contributed by atoms with Gasteiger partial charge in [0.05, 0.1) is 19.2 Å². The minimum absolute atomic E-state index is 0.0223. The standard InChI is InChI=1S/C16H21N3O2/c17-13-16(8-4-5-9-16)18-15(21)12-19(10-11-20)14-6-2-1-3-7-14/h1-3,6-7,20H,4-5,8-12H2,(H,18,21). The molecular formula is C16H21N3O2. The molecule has 1 amide bonds. The first kappa shape index (κ1) is 15.3. The highest BCUT2D eigenvalue weighted by Crippen LogP contribution is 2.28. The van der Waals surface area contributed by atoms with Gasteiger partial charge < -0.3 is 15.3 Å². The maximum absolute atomic E-state index is 12.2. The molecule has 1 aliphatic carbocycles. The molecule has 5 nitrogen and oxygen atoms in total. The van der Waals surface area contributed by atoms with Crippen molar-refractivity contribution in [3.05, 3.63) is 30.3 Å². The fraction of sp³-hybridized carbons (Fsp3) is 0.500. The molecule has 0 radical (unpaired) electrons. The Morgan fingerprint density at radius 1 is 1.33 bits per heavy atom. The summed E-state index contributed by atoms with van der Waals surface area (Å²) in [5, 5.41) is 21.3. The van der Waals surface area contributed by atoms with Gasteiger partial charge in [0.25, 0.3) is 0 Å². The third-order valence-electron chi connectivity index (χ3n) is 3.88. The van der Waals surface area contributed by atoms with Crippen LogP contribution in [0.1, 0.15) is 25.7 Å². The minimum Gasteiger partial charge on any atom is -0.395 e. The number of rotatable bonds is 6. The molecule has 1 aromatic rings.